The number of allylic oxidation sites excluding steroid dienone is 2. The van der Waals surface area contributed by atoms with E-state index in [0.717, 1.165) is 25.3 Å². The van der Waals surface area contributed by atoms with Gasteiger partial charge in [0.05, 0.1) is 0 Å². The van der Waals surface area contributed by atoms with Gasteiger partial charge in [0, 0.05) is 0 Å². The molecule has 0 bridgehead atoms. The van der Waals surface area contributed by atoms with Crippen molar-refractivity contribution in [1.29, 1.82) is 0 Å². The Hall–Kier alpha value is 1.06. The van der Waals surface area contributed by atoms with E-state index in [0.29, 0.717) is 0 Å². The van der Waals surface area contributed by atoms with Gasteiger partial charge in [0.15, 0.2) is 0 Å². The summed E-state index contributed by atoms with van der Waals surface area (Å²) in [5, 5.41) is 0. The number of rotatable bonds is 9. The van der Waals surface area contributed by atoms with Crippen LogP contribution in [-0.2, 0) is 0 Å². The first kappa shape index (κ1) is 17.1. The zero-order chi connectivity index (χ0) is 12.4. The highest BCUT2D eigenvalue weighted by Gasteiger charge is 2.32. The quantitative estimate of drug-likeness (QED) is 0.170. The molecule has 0 nitrogen and oxygen atoms in total. The van der Waals surface area contributed by atoms with Crippen LogP contribution in [0.15, 0.2) is 12.2 Å². The lowest BCUT2D eigenvalue weighted by atomic mass is 10.1. The molecule has 0 radical (unpaired) electrons. The molecule has 0 amide bonds. The molecule has 0 aromatic carbocycles. The van der Waals surface area contributed by atoms with Crippen molar-refractivity contribution < 1.29 is 8.78 Å². The summed E-state index contributed by atoms with van der Waals surface area (Å²) in [5.74, 6) is -2.66. The van der Waals surface area contributed by atoms with Crippen molar-refractivity contribution in [2.45, 2.75) is 59.7 Å². The molecule has 0 atom stereocenters. The molecular weight excluding hydrogens is 436 g/mol. The van der Waals surface area contributed by atoms with Crippen molar-refractivity contribution in [3.8, 4) is 0 Å². The van der Waals surface area contributed by atoms with Gasteiger partial charge in [-0.2, -0.15) is 8.78 Å². The van der Waals surface area contributed by atoms with Crippen LogP contribution in [0.4, 0.5) is 8.78 Å². The molecule has 96 valence electrons. The lowest BCUT2D eigenvalue weighted by Gasteiger charge is -2.12. The molecule has 0 aliphatic heterocycles. The van der Waals surface area contributed by atoms with Crippen LogP contribution in [0.2, 0.25) is 0 Å². The minimum Gasteiger partial charge on any atom is -0.200 e. The van der Waals surface area contributed by atoms with Crippen molar-refractivity contribution in [2.24, 2.45) is 0 Å². The number of hydrogen-bond acceptors (Lipinski definition) is 0. The van der Waals surface area contributed by atoms with Gasteiger partial charge < -0.3 is 0 Å². The van der Waals surface area contributed by atoms with Crippen LogP contribution in [0.3, 0.4) is 0 Å². The van der Waals surface area contributed by atoms with Crippen LogP contribution >= 0.6 is 45.2 Å². The molecule has 0 heterocycles. The first-order valence-corrected chi connectivity index (χ1v) is 8.33. The predicted octanol–water partition coefficient (Wildman–Crippen LogP) is 6.12. The Bertz CT molecular complexity index is 191. The maximum Gasteiger partial charge on any atom is 0.286 e. The largest absolute Gasteiger partial charge is 0.286 e. The standard InChI is InChI=1S/C12H20F2I2/c1-2-3-4-5-6-7-8-9-10-12(13,14)11(15)16/h9-11H,2-8H2,1H3. The number of unbranched alkanes of at least 4 members (excludes halogenated alkanes) is 6. The van der Waals surface area contributed by atoms with Gasteiger partial charge in [-0.1, -0.05) is 90.3 Å². The third-order valence-electron chi connectivity index (χ3n) is 2.36. The third kappa shape index (κ3) is 9.13. The van der Waals surface area contributed by atoms with E-state index < -0.39 is 7.85 Å². The number of alkyl halides is 4. The highest BCUT2D eigenvalue weighted by molar-refractivity contribution is 14.2. The van der Waals surface area contributed by atoms with E-state index in [2.05, 4.69) is 6.92 Å². The van der Waals surface area contributed by atoms with Gasteiger partial charge in [0.25, 0.3) is 5.92 Å². The normalized spacial score (nSPS) is 12.9. The second-order valence-electron chi connectivity index (χ2n) is 3.93. The van der Waals surface area contributed by atoms with Gasteiger partial charge in [-0.05, 0) is 18.9 Å². The van der Waals surface area contributed by atoms with Gasteiger partial charge >= 0.3 is 0 Å². The summed E-state index contributed by atoms with van der Waals surface area (Å²) in [6.07, 6.45) is 10.7. The molecule has 4 heteroatoms. The van der Waals surface area contributed by atoms with Crippen molar-refractivity contribution in [1.82, 2.24) is 0 Å². The smallest absolute Gasteiger partial charge is 0.200 e. The van der Waals surface area contributed by atoms with E-state index in [-0.39, 0.29) is 0 Å². The lowest BCUT2D eigenvalue weighted by molar-refractivity contribution is 0.0815. The fourth-order valence-electron chi connectivity index (χ4n) is 1.36. The molecule has 0 saturated carbocycles. The van der Waals surface area contributed by atoms with E-state index in [4.69, 9.17) is 0 Å². The molecule has 0 N–H and O–H groups in total. The van der Waals surface area contributed by atoms with E-state index in [9.17, 15) is 8.78 Å². The SMILES string of the molecule is CCCCCCCCC=CC(F)(F)C(I)I. The Labute approximate surface area is 125 Å². The molecule has 0 aromatic heterocycles. The van der Waals surface area contributed by atoms with E-state index in [1.165, 1.54) is 25.7 Å². The fraction of sp³-hybridized carbons (Fsp3) is 0.833. The van der Waals surface area contributed by atoms with Crippen molar-refractivity contribution >= 4 is 45.2 Å². The fourth-order valence-corrected chi connectivity index (χ4v) is 1.77. The summed E-state index contributed by atoms with van der Waals surface area (Å²) in [6.45, 7) is 2.19. The Balaban J connectivity index is 3.47. The molecular formula is C12H20F2I2. The highest BCUT2D eigenvalue weighted by Crippen LogP contribution is 2.31. The van der Waals surface area contributed by atoms with Crippen LogP contribution in [-0.4, -0.2) is 7.85 Å². The monoisotopic (exact) mass is 456 g/mol. The Morgan fingerprint density at radius 1 is 1.06 bits per heavy atom. The second kappa shape index (κ2) is 10.0. The summed E-state index contributed by atoms with van der Waals surface area (Å²) in [5.41, 5.74) is 0. The van der Waals surface area contributed by atoms with Crippen LogP contribution in [0.1, 0.15) is 51.9 Å². The summed E-state index contributed by atoms with van der Waals surface area (Å²) in [6, 6.07) is 0. The molecule has 0 spiro atoms. The van der Waals surface area contributed by atoms with Crippen molar-refractivity contribution in [3.63, 3.8) is 0 Å². The lowest BCUT2D eigenvalue weighted by Crippen LogP contribution is -2.20. The second-order valence-corrected chi connectivity index (χ2v) is 8.81. The zero-order valence-electron chi connectivity index (χ0n) is 9.69. The van der Waals surface area contributed by atoms with Crippen molar-refractivity contribution in [3.05, 3.63) is 12.2 Å². The molecule has 0 aliphatic rings. The molecule has 0 aliphatic carbocycles. The van der Waals surface area contributed by atoms with Crippen molar-refractivity contribution in [2.75, 3.05) is 0 Å². The molecule has 0 fully saturated rings. The van der Waals surface area contributed by atoms with Gasteiger partial charge in [-0.3, -0.25) is 0 Å². The van der Waals surface area contributed by atoms with Gasteiger partial charge in [-0.25, -0.2) is 0 Å². The van der Waals surface area contributed by atoms with Crippen LogP contribution in [0.25, 0.3) is 0 Å². The average Bonchev–Trinajstić information content (AvgIpc) is 2.21. The summed E-state index contributed by atoms with van der Waals surface area (Å²) < 4.78 is 25.6. The number of halogens is 4. The van der Waals surface area contributed by atoms with E-state index >= 15 is 0 Å². The first-order chi connectivity index (χ1) is 7.50. The summed E-state index contributed by atoms with van der Waals surface area (Å²) in [7, 11) is 0. The Morgan fingerprint density at radius 2 is 1.62 bits per heavy atom. The van der Waals surface area contributed by atoms with Gasteiger partial charge in [0.2, 0.25) is 0 Å². The topological polar surface area (TPSA) is 0 Å². The maximum atomic E-state index is 13.1. The number of hydrogen-bond donors (Lipinski definition) is 0. The average molecular weight is 456 g/mol. The maximum absolute atomic E-state index is 13.1. The molecule has 0 aromatic rings. The zero-order valence-corrected chi connectivity index (χ0v) is 14.0. The van der Waals surface area contributed by atoms with E-state index in [1.54, 1.807) is 51.3 Å². The van der Waals surface area contributed by atoms with Crippen LogP contribution in [0.5, 0.6) is 0 Å². The van der Waals surface area contributed by atoms with E-state index in [1.807, 2.05) is 0 Å². The predicted molar refractivity (Wildman–Crippen MR) is 83.9 cm³/mol. The Kier molecular flexibility index (Phi) is 10.7. The molecule has 16 heavy (non-hydrogen) atoms. The van der Waals surface area contributed by atoms with Crippen LogP contribution < -0.4 is 0 Å². The molecule has 0 unspecified atom stereocenters. The third-order valence-corrected chi connectivity index (χ3v) is 4.02. The minimum atomic E-state index is -2.66. The molecule has 0 saturated heterocycles. The minimum absolute atomic E-state index is 0.663. The van der Waals surface area contributed by atoms with Crippen LogP contribution in [0, 0.1) is 0 Å². The molecule has 0 rings (SSSR count). The summed E-state index contributed by atoms with van der Waals surface area (Å²) in [4.78, 5) is 0. The summed E-state index contributed by atoms with van der Waals surface area (Å²) >= 11 is 3.51. The van der Waals surface area contributed by atoms with Gasteiger partial charge in [-0.15, -0.1) is 0 Å². The Morgan fingerprint density at radius 3 is 2.19 bits per heavy atom. The first-order valence-electron chi connectivity index (χ1n) is 5.84. The highest BCUT2D eigenvalue weighted by atomic mass is 127. The van der Waals surface area contributed by atoms with Gasteiger partial charge in [0.1, 0.15) is 1.93 Å².